The first-order chi connectivity index (χ1) is 6.81. The van der Waals surface area contributed by atoms with Crippen LogP contribution in [0.5, 0.6) is 0 Å². The molecule has 2 saturated heterocycles. The number of rotatable bonds is 3. The van der Waals surface area contributed by atoms with Crippen LogP contribution in [0.25, 0.3) is 0 Å². The topological polar surface area (TPSA) is 40.6 Å². The fourth-order valence-electron chi connectivity index (χ4n) is 2.37. The maximum atomic E-state index is 11.4. The Balaban J connectivity index is 1.86. The number of amides is 1. The van der Waals surface area contributed by atoms with Crippen LogP contribution in [-0.2, 0) is 9.59 Å². The highest BCUT2D eigenvalue weighted by atomic mass is 16.2. The van der Waals surface area contributed by atoms with E-state index in [-0.39, 0.29) is 0 Å². The highest BCUT2D eigenvalue weighted by Crippen LogP contribution is 2.22. The Morgan fingerprint density at radius 3 is 3.07 bits per heavy atom. The summed E-state index contributed by atoms with van der Waals surface area (Å²) in [5, 5.41) is 0. The van der Waals surface area contributed by atoms with Gasteiger partial charge in [-0.3, -0.25) is 9.69 Å². The third-order valence-electron chi connectivity index (χ3n) is 3.14. The summed E-state index contributed by atoms with van der Waals surface area (Å²) in [7, 11) is 0. The SMILES string of the molecule is O=CCCN1CCN2C(=O)CCC2C1. The lowest BCUT2D eigenvalue weighted by Crippen LogP contribution is -2.51. The lowest BCUT2D eigenvalue weighted by Gasteiger charge is -2.37. The highest BCUT2D eigenvalue weighted by molar-refractivity contribution is 5.78. The standard InChI is InChI=1S/C10H16N2O2/c13-7-1-4-11-5-6-12-9(8-11)2-3-10(12)14/h7,9H,1-6,8H2. The molecule has 0 radical (unpaired) electrons. The number of fused-ring (bicyclic) bond motifs is 1. The molecule has 0 aliphatic carbocycles. The molecule has 1 atom stereocenters. The third-order valence-corrected chi connectivity index (χ3v) is 3.14. The Morgan fingerprint density at radius 2 is 2.29 bits per heavy atom. The lowest BCUT2D eigenvalue weighted by atomic mass is 10.1. The average molecular weight is 196 g/mol. The van der Waals surface area contributed by atoms with Crippen LogP contribution >= 0.6 is 0 Å². The van der Waals surface area contributed by atoms with Crippen molar-refractivity contribution in [3.8, 4) is 0 Å². The van der Waals surface area contributed by atoms with Crippen molar-refractivity contribution in [1.29, 1.82) is 0 Å². The normalized spacial score (nSPS) is 27.9. The van der Waals surface area contributed by atoms with Gasteiger partial charge in [0.15, 0.2) is 0 Å². The number of hydrogen-bond donors (Lipinski definition) is 0. The molecule has 0 aromatic rings. The van der Waals surface area contributed by atoms with Crippen molar-refractivity contribution >= 4 is 12.2 Å². The average Bonchev–Trinajstić information content (AvgIpc) is 2.57. The van der Waals surface area contributed by atoms with Crippen LogP contribution in [0.3, 0.4) is 0 Å². The molecular formula is C10H16N2O2. The summed E-state index contributed by atoms with van der Waals surface area (Å²) >= 11 is 0. The van der Waals surface area contributed by atoms with Crippen LogP contribution in [0.1, 0.15) is 19.3 Å². The first-order valence-corrected chi connectivity index (χ1v) is 5.26. The van der Waals surface area contributed by atoms with E-state index in [2.05, 4.69) is 4.90 Å². The van der Waals surface area contributed by atoms with E-state index in [1.165, 1.54) is 0 Å². The van der Waals surface area contributed by atoms with Crippen molar-refractivity contribution in [1.82, 2.24) is 9.80 Å². The molecule has 2 aliphatic rings. The van der Waals surface area contributed by atoms with E-state index in [0.717, 1.165) is 38.9 Å². The molecule has 0 aromatic carbocycles. The van der Waals surface area contributed by atoms with Crippen molar-refractivity contribution in [3.63, 3.8) is 0 Å². The minimum Gasteiger partial charge on any atom is -0.337 e. The van der Waals surface area contributed by atoms with E-state index < -0.39 is 0 Å². The van der Waals surface area contributed by atoms with Crippen molar-refractivity contribution in [2.45, 2.75) is 25.3 Å². The Kier molecular flexibility index (Phi) is 2.82. The monoisotopic (exact) mass is 196 g/mol. The fourth-order valence-corrected chi connectivity index (χ4v) is 2.37. The molecule has 14 heavy (non-hydrogen) atoms. The number of piperazine rings is 1. The summed E-state index contributed by atoms with van der Waals surface area (Å²) in [4.78, 5) is 25.9. The predicted octanol–water partition coefficient (Wildman–Crippen LogP) is -0.118. The lowest BCUT2D eigenvalue weighted by molar-refractivity contribution is -0.130. The van der Waals surface area contributed by atoms with E-state index >= 15 is 0 Å². The van der Waals surface area contributed by atoms with E-state index in [0.29, 0.717) is 24.8 Å². The van der Waals surface area contributed by atoms with Gasteiger partial charge in [-0.1, -0.05) is 0 Å². The maximum Gasteiger partial charge on any atom is 0.222 e. The van der Waals surface area contributed by atoms with Crippen LogP contribution in [0.15, 0.2) is 0 Å². The summed E-state index contributed by atoms with van der Waals surface area (Å²) in [6, 6.07) is 0.419. The van der Waals surface area contributed by atoms with Gasteiger partial charge in [0.2, 0.25) is 5.91 Å². The summed E-state index contributed by atoms with van der Waals surface area (Å²) in [5.74, 6) is 0.310. The van der Waals surface area contributed by atoms with E-state index in [1.54, 1.807) is 0 Å². The van der Waals surface area contributed by atoms with E-state index in [9.17, 15) is 9.59 Å². The molecule has 2 rings (SSSR count). The van der Waals surface area contributed by atoms with Gasteiger partial charge in [-0.05, 0) is 6.42 Å². The minimum absolute atomic E-state index is 0.310. The number of carbonyl (C=O) groups excluding carboxylic acids is 2. The van der Waals surface area contributed by atoms with Gasteiger partial charge in [-0.15, -0.1) is 0 Å². The molecule has 0 saturated carbocycles. The Morgan fingerprint density at radius 1 is 1.43 bits per heavy atom. The maximum absolute atomic E-state index is 11.4. The van der Waals surface area contributed by atoms with Gasteiger partial charge in [0, 0.05) is 45.1 Å². The van der Waals surface area contributed by atoms with E-state index in [1.807, 2.05) is 4.90 Å². The first-order valence-electron chi connectivity index (χ1n) is 5.26. The molecule has 2 fully saturated rings. The van der Waals surface area contributed by atoms with Crippen molar-refractivity contribution < 1.29 is 9.59 Å². The van der Waals surface area contributed by atoms with E-state index in [4.69, 9.17) is 0 Å². The zero-order valence-corrected chi connectivity index (χ0v) is 8.32. The number of hydrogen-bond acceptors (Lipinski definition) is 3. The smallest absolute Gasteiger partial charge is 0.222 e. The molecule has 0 spiro atoms. The Hall–Kier alpha value is -0.900. The Bertz CT molecular complexity index is 242. The molecule has 4 heteroatoms. The molecule has 2 heterocycles. The molecule has 0 N–H and O–H groups in total. The number of aldehydes is 1. The molecule has 78 valence electrons. The summed E-state index contributed by atoms with van der Waals surface area (Å²) in [6.07, 6.45) is 3.29. The molecule has 2 aliphatic heterocycles. The van der Waals surface area contributed by atoms with Crippen molar-refractivity contribution in [2.24, 2.45) is 0 Å². The van der Waals surface area contributed by atoms with Gasteiger partial charge in [0.25, 0.3) is 0 Å². The first kappa shape index (κ1) is 9.65. The van der Waals surface area contributed by atoms with Gasteiger partial charge >= 0.3 is 0 Å². The van der Waals surface area contributed by atoms with Crippen LogP contribution in [-0.4, -0.2) is 54.2 Å². The molecule has 1 amide bonds. The van der Waals surface area contributed by atoms with Crippen molar-refractivity contribution in [2.75, 3.05) is 26.2 Å². The largest absolute Gasteiger partial charge is 0.337 e. The molecule has 4 nitrogen and oxygen atoms in total. The second-order valence-electron chi connectivity index (χ2n) is 4.04. The number of nitrogens with zero attached hydrogens (tertiary/aromatic N) is 2. The Labute approximate surface area is 83.9 Å². The second-order valence-corrected chi connectivity index (χ2v) is 4.04. The third kappa shape index (κ3) is 1.80. The summed E-state index contributed by atoms with van der Waals surface area (Å²) < 4.78 is 0. The molecule has 1 unspecified atom stereocenters. The molecular weight excluding hydrogens is 180 g/mol. The molecule has 0 aromatic heterocycles. The van der Waals surface area contributed by atoms with Crippen LogP contribution < -0.4 is 0 Å². The highest BCUT2D eigenvalue weighted by Gasteiger charge is 2.34. The zero-order chi connectivity index (χ0) is 9.97. The fraction of sp³-hybridized carbons (Fsp3) is 0.800. The van der Waals surface area contributed by atoms with Crippen molar-refractivity contribution in [3.05, 3.63) is 0 Å². The van der Waals surface area contributed by atoms with Crippen LogP contribution in [0.4, 0.5) is 0 Å². The van der Waals surface area contributed by atoms with Crippen LogP contribution in [0.2, 0.25) is 0 Å². The second kappa shape index (κ2) is 4.09. The summed E-state index contributed by atoms with van der Waals surface area (Å²) in [6.45, 7) is 3.58. The van der Waals surface area contributed by atoms with Crippen LogP contribution in [0, 0.1) is 0 Å². The number of carbonyl (C=O) groups is 2. The van der Waals surface area contributed by atoms with Gasteiger partial charge in [-0.2, -0.15) is 0 Å². The van der Waals surface area contributed by atoms with Gasteiger partial charge in [0.05, 0.1) is 0 Å². The predicted molar refractivity (Wildman–Crippen MR) is 51.9 cm³/mol. The van der Waals surface area contributed by atoms with Gasteiger partial charge in [0.1, 0.15) is 6.29 Å². The van der Waals surface area contributed by atoms with Gasteiger partial charge < -0.3 is 9.69 Å². The minimum atomic E-state index is 0.310. The zero-order valence-electron chi connectivity index (χ0n) is 8.32. The quantitative estimate of drug-likeness (QED) is 0.591. The van der Waals surface area contributed by atoms with Gasteiger partial charge in [-0.25, -0.2) is 0 Å². The summed E-state index contributed by atoms with van der Waals surface area (Å²) in [5.41, 5.74) is 0. The molecule has 0 bridgehead atoms.